The van der Waals surface area contributed by atoms with Crippen LogP contribution < -0.4 is 5.32 Å². The van der Waals surface area contributed by atoms with E-state index in [4.69, 9.17) is 23.2 Å². The number of amidine groups is 1. The fourth-order valence-corrected chi connectivity index (χ4v) is 2.17. The first-order valence-corrected chi connectivity index (χ1v) is 6.69. The van der Waals surface area contributed by atoms with Gasteiger partial charge in [0.1, 0.15) is 5.70 Å². The molecule has 1 N–H and O–H groups in total. The second-order valence-electron chi connectivity index (χ2n) is 3.28. The molecule has 0 aromatic heterocycles. The van der Waals surface area contributed by atoms with Gasteiger partial charge in [0.15, 0.2) is 5.17 Å². The highest BCUT2D eigenvalue weighted by Gasteiger charge is 2.19. The molecular weight excluding hydrogens is 279 g/mol. The number of amides is 1. The van der Waals surface area contributed by atoms with Gasteiger partial charge in [-0.3, -0.25) is 4.79 Å². The normalized spacial score (nSPS) is 17.2. The average molecular weight is 287 g/mol. The molecule has 0 radical (unpaired) electrons. The average Bonchev–Trinajstić information content (AvgIpc) is 2.64. The molecule has 17 heavy (non-hydrogen) atoms. The highest BCUT2D eigenvalue weighted by atomic mass is 35.5. The minimum atomic E-state index is -0.291. The largest absolute Gasteiger partial charge is 0.330 e. The first-order chi connectivity index (χ1) is 8.10. The van der Waals surface area contributed by atoms with Gasteiger partial charge < -0.3 is 5.32 Å². The predicted molar refractivity (Wildman–Crippen MR) is 73.5 cm³/mol. The van der Waals surface area contributed by atoms with Crippen molar-refractivity contribution in [3.05, 3.63) is 39.5 Å². The van der Waals surface area contributed by atoms with Crippen molar-refractivity contribution in [1.29, 1.82) is 0 Å². The first kappa shape index (κ1) is 12.5. The molecule has 1 aliphatic rings. The molecule has 0 fully saturated rings. The van der Waals surface area contributed by atoms with Gasteiger partial charge in [-0.1, -0.05) is 41.0 Å². The number of halogens is 2. The maximum atomic E-state index is 11.5. The molecule has 1 aromatic carbocycles. The zero-order valence-electron chi connectivity index (χ0n) is 8.83. The van der Waals surface area contributed by atoms with E-state index in [0.717, 1.165) is 5.56 Å². The van der Waals surface area contributed by atoms with Gasteiger partial charge >= 0.3 is 0 Å². The van der Waals surface area contributed by atoms with E-state index in [9.17, 15) is 4.79 Å². The Kier molecular flexibility index (Phi) is 3.76. The quantitative estimate of drug-likeness (QED) is 0.806. The molecule has 1 aliphatic heterocycles. The van der Waals surface area contributed by atoms with Crippen LogP contribution in [-0.4, -0.2) is 17.3 Å². The summed E-state index contributed by atoms with van der Waals surface area (Å²) in [6.07, 6.45) is 3.50. The van der Waals surface area contributed by atoms with Crippen molar-refractivity contribution in [1.82, 2.24) is 5.32 Å². The Morgan fingerprint density at radius 3 is 2.76 bits per heavy atom. The summed E-state index contributed by atoms with van der Waals surface area (Å²) in [5, 5.41) is 4.56. The summed E-state index contributed by atoms with van der Waals surface area (Å²) in [6.45, 7) is 0. The van der Waals surface area contributed by atoms with E-state index in [2.05, 4.69) is 10.3 Å². The zero-order valence-corrected chi connectivity index (χ0v) is 11.2. The van der Waals surface area contributed by atoms with E-state index in [1.165, 1.54) is 11.8 Å². The second kappa shape index (κ2) is 5.12. The minimum Gasteiger partial charge on any atom is -0.330 e. The van der Waals surface area contributed by atoms with E-state index >= 15 is 0 Å². The summed E-state index contributed by atoms with van der Waals surface area (Å²) in [7, 11) is 0. The number of hydrogen-bond donors (Lipinski definition) is 1. The van der Waals surface area contributed by atoms with Crippen LogP contribution >= 0.6 is 35.0 Å². The molecule has 0 unspecified atom stereocenters. The predicted octanol–water partition coefficient (Wildman–Crippen LogP) is 3.18. The fourth-order valence-electron chi connectivity index (χ4n) is 1.32. The lowest BCUT2D eigenvalue weighted by Crippen LogP contribution is -2.14. The third-order valence-corrected chi connectivity index (χ3v) is 3.27. The third kappa shape index (κ3) is 2.83. The van der Waals surface area contributed by atoms with Crippen molar-refractivity contribution in [3.63, 3.8) is 0 Å². The molecule has 0 atom stereocenters. The number of carbonyl (C=O) groups is 1. The number of benzene rings is 1. The van der Waals surface area contributed by atoms with E-state index < -0.39 is 0 Å². The molecule has 2 rings (SSSR count). The molecule has 0 spiro atoms. The number of thioether (sulfide) groups is 1. The van der Waals surface area contributed by atoms with Gasteiger partial charge in [0, 0.05) is 10.0 Å². The van der Waals surface area contributed by atoms with Gasteiger partial charge in [-0.05, 0) is 30.0 Å². The highest BCUT2D eigenvalue weighted by Crippen LogP contribution is 2.23. The van der Waals surface area contributed by atoms with E-state index in [1.807, 2.05) is 6.26 Å². The van der Waals surface area contributed by atoms with E-state index in [1.54, 1.807) is 24.3 Å². The Balaban J connectivity index is 2.29. The Morgan fingerprint density at radius 2 is 2.18 bits per heavy atom. The van der Waals surface area contributed by atoms with Gasteiger partial charge in [0.25, 0.3) is 5.91 Å². The summed E-state index contributed by atoms with van der Waals surface area (Å²) >= 11 is 13.2. The van der Waals surface area contributed by atoms with Crippen LogP contribution in [0, 0.1) is 0 Å². The van der Waals surface area contributed by atoms with Gasteiger partial charge in [-0.15, -0.1) is 0 Å². The molecule has 1 amide bonds. The van der Waals surface area contributed by atoms with E-state index in [0.29, 0.717) is 20.9 Å². The number of rotatable bonds is 1. The third-order valence-electron chi connectivity index (χ3n) is 2.13. The van der Waals surface area contributed by atoms with Crippen molar-refractivity contribution in [2.24, 2.45) is 4.99 Å². The maximum Gasteiger partial charge on any atom is 0.295 e. The zero-order chi connectivity index (χ0) is 12.4. The Labute approximate surface area is 113 Å². The number of aliphatic imine (C=N–C) groups is 1. The Morgan fingerprint density at radius 1 is 1.41 bits per heavy atom. The molecule has 3 nitrogen and oxygen atoms in total. The number of nitrogens with one attached hydrogen (secondary N) is 1. The van der Waals surface area contributed by atoms with Crippen LogP contribution in [0.3, 0.4) is 0 Å². The van der Waals surface area contributed by atoms with Gasteiger partial charge in [0.05, 0.1) is 0 Å². The smallest absolute Gasteiger partial charge is 0.295 e. The molecular formula is C11H8Cl2N2OS. The summed E-state index contributed by atoms with van der Waals surface area (Å²) in [6, 6.07) is 5.10. The van der Waals surface area contributed by atoms with Crippen molar-refractivity contribution < 1.29 is 4.79 Å². The lowest BCUT2D eigenvalue weighted by Gasteiger charge is -2.01. The monoisotopic (exact) mass is 286 g/mol. The van der Waals surface area contributed by atoms with Crippen LogP contribution in [0.15, 0.2) is 28.9 Å². The molecule has 0 bridgehead atoms. The first-order valence-electron chi connectivity index (χ1n) is 4.71. The standard InChI is InChI=1S/C11H8Cl2N2OS/c1-17-11-14-9(10(16)15-11)4-6-2-3-7(12)5-8(6)13/h2-5H,1H3,(H,14,15,16). The molecule has 0 saturated carbocycles. The Bertz CT molecular complexity index is 540. The van der Waals surface area contributed by atoms with Gasteiger partial charge in [-0.25, -0.2) is 0 Å². The molecule has 1 aromatic rings. The van der Waals surface area contributed by atoms with Crippen LogP contribution in [0.25, 0.3) is 6.08 Å². The molecule has 88 valence electrons. The lowest BCUT2D eigenvalue weighted by molar-refractivity contribution is -0.114. The van der Waals surface area contributed by atoms with Crippen molar-refractivity contribution in [3.8, 4) is 0 Å². The molecule has 6 heteroatoms. The van der Waals surface area contributed by atoms with Gasteiger partial charge in [0.2, 0.25) is 0 Å². The second-order valence-corrected chi connectivity index (χ2v) is 4.91. The number of carbonyl (C=O) groups excluding carboxylic acids is 1. The number of nitrogens with zero attached hydrogens (tertiary/aromatic N) is 1. The van der Waals surface area contributed by atoms with Crippen molar-refractivity contribution >= 4 is 52.1 Å². The Hall–Kier alpha value is -0.970. The summed E-state index contributed by atoms with van der Waals surface area (Å²) in [4.78, 5) is 15.3. The maximum absolute atomic E-state index is 11.5. The van der Waals surface area contributed by atoms with Crippen molar-refractivity contribution in [2.75, 3.05) is 6.26 Å². The van der Waals surface area contributed by atoms with Crippen LogP contribution in [-0.2, 0) is 4.79 Å². The van der Waals surface area contributed by atoms with Gasteiger partial charge in [-0.2, -0.15) is 4.99 Å². The van der Waals surface area contributed by atoms with Crippen LogP contribution in [0.2, 0.25) is 10.0 Å². The number of hydrogen-bond acceptors (Lipinski definition) is 3. The molecule has 1 heterocycles. The fraction of sp³-hybridized carbons (Fsp3) is 0.0909. The van der Waals surface area contributed by atoms with Crippen LogP contribution in [0.5, 0.6) is 0 Å². The summed E-state index contributed by atoms with van der Waals surface area (Å²) in [5.41, 5.74) is 1.14. The SMILES string of the molecule is CSC1=NC(=O)C(=Cc2ccc(Cl)cc2Cl)N1. The van der Waals surface area contributed by atoms with Crippen LogP contribution in [0.4, 0.5) is 0 Å². The lowest BCUT2D eigenvalue weighted by atomic mass is 10.2. The van der Waals surface area contributed by atoms with E-state index in [-0.39, 0.29) is 5.91 Å². The molecule has 0 aliphatic carbocycles. The minimum absolute atomic E-state index is 0.291. The molecule has 0 saturated heterocycles. The highest BCUT2D eigenvalue weighted by molar-refractivity contribution is 8.13. The topological polar surface area (TPSA) is 41.5 Å². The summed E-state index contributed by atoms with van der Waals surface area (Å²) in [5.74, 6) is -0.291. The summed E-state index contributed by atoms with van der Waals surface area (Å²) < 4.78 is 0. The van der Waals surface area contributed by atoms with Crippen molar-refractivity contribution in [2.45, 2.75) is 0 Å². The van der Waals surface area contributed by atoms with Crippen LogP contribution in [0.1, 0.15) is 5.56 Å².